The molecule has 3 aliphatic heterocycles. The third-order valence-electron chi connectivity index (χ3n) is 8.04. The van der Waals surface area contributed by atoms with Crippen molar-refractivity contribution in [1.82, 2.24) is 4.90 Å². The summed E-state index contributed by atoms with van der Waals surface area (Å²) in [6.45, 7) is 1.09. The first-order chi connectivity index (χ1) is 20.2. The van der Waals surface area contributed by atoms with Gasteiger partial charge in [-0.05, 0) is 41.0 Å². The van der Waals surface area contributed by atoms with Crippen LogP contribution in [0.4, 0.5) is 0 Å². The van der Waals surface area contributed by atoms with Crippen LogP contribution in [0.2, 0.25) is 0 Å². The number of cyclic esters (lactones) is 1. The molecular formula is C29H28N2O11. The summed E-state index contributed by atoms with van der Waals surface area (Å²) in [4.78, 5) is 56.2. The van der Waals surface area contributed by atoms with Gasteiger partial charge in [0, 0.05) is 18.8 Å². The number of likely N-dealkylation sites (tertiary alicyclic amines) is 1. The van der Waals surface area contributed by atoms with E-state index in [2.05, 4.69) is 0 Å². The number of ether oxygens (including phenoxy) is 6. The Balaban J connectivity index is 1.46. The number of aromatic hydroxyl groups is 1. The maximum Gasteiger partial charge on any atom is 0.310 e. The number of hydrogen-bond donors (Lipinski definition) is 1. The van der Waals surface area contributed by atoms with Crippen LogP contribution < -0.4 is 18.9 Å². The number of carbonyl (C=O) groups is 4. The van der Waals surface area contributed by atoms with Gasteiger partial charge >= 0.3 is 11.9 Å². The molecule has 4 aliphatic rings. The number of hydrogen-bond acceptors (Lipinski definition) is 12. The van der Waals surface area contributed by atoms with Crippen molar-refractivity contribution in [3.63, 3.8) is 0 Å². The van der Waals surface area contributed by atoms with E-state index in [9.17, 15) is 24.3 Å². The van der Waals surface area contributed by atoms with Crippen molar-refractivity contribution in [2.75, 3.05) is 40.8 Å². The number of nitrogens with zero attached hydrogens (tertiary/aromatic N) is 2. The predicted octanol–water partition coefficient (Wildman–Crippen LogP) is 1.88. The van der Waals surface area contributed by atoms with Crippen molar-refractivity contribution in [1.29, 1.82) is 0 Å². The minimum absolute atomic E-state index is 0.0160. The van der Waals surface area contributed by atoms with Gasteiger partial charge in [-0.2, -0.15) is 0 Å². The van der Waals surface area contributed by atoms with Gasteiger partial charge in [0.25, 0.3) is 5.91 Å². The smallest absolute Gasteiger partial charge is 0.310 e. The number of phenols is 1. The largest absolute Gasteiger partial charge is 0.502 e. The molecule has 13 nitrogen and oxygen atoms in total. The van der Waals surface area contributed by atoms with E-state index in [1.165, 1.54) is 21.1 Å². The van der Waals surface area contributed by atoms with Crippen LogP contribution in [0, 0.1) is 11.8 Å². The summed E-state index contributed by atoms with van der Waals surface area (Å²) in [5, 5.41) is 10.5. The van der Waals surface area contributed by atoms with Gasteiger partial charge in [0.2, 0.25) is 18.4 Å². The van der Waals surface area contributed by atoms with Gasteiger partial charge in [-0.1, -0.05) is 0 Å². The average Bonchev–Trinajstić information content (AvgIpc) is 3.66. The standard InChI is InChI=1S/C29H28N2O11/c1-13(32)39-5-4-31-23(33)10-18(28(31)35)30-26-16-9-20-19(41-12-42-20)8-15(16)24(25-17(26)11-40-29(25)36)14-6-21(37-2)27(34)22(7-14)38-3/h6-9,17,24-26,34H,4-5,10-12H2,1-3H3/t17-,24+,25-,26+/m0/s1. The lowest BCUT2D eigenvalue weighted by atomic mass is 9.65. The summed E-state index contributed by atoms with van der Waals surface area (Å²) in [5.74, 6) is -2.66. The van der Waals surface area contributed by atoms with E-state index in [4.69, 9.17) is 33.4 Å². The Morgan fingerprint density at radius 1 is 1.02 bits per heavy atom. The Hall–Kier alpha value is -4.81. The molecule has 2 aromatic rings. The monoisotopic (exact) mass is 580 g/mol. The van der Waals surface area contributed by atoms with Crippen LogP contribution in [-0.4, -0.2) is 80.2 Å². The number of carbonyl (C=O) groups excluding carboxylic acids is 4. The number of esters is 2. The first-order valence-corrected chi connectivity index (χ1v) is 13.3. The Labute approximate surface area is 239 Å². The van der Waals surface area contributed by atoms with Crippen LogP contribution in [-0.2, 0) is 28.7 Å². The molecule has 42 heavy (non-hydrogen) atoms. The molecule has 13 heteroatoms. The average molecular weight is 581 g/mol. The summed E-state index contributed by atoms with van der Waals surface area (Å²) in [6.07, 6.45) is -0.225. The molecule has 1 N–H and O–H groups in total. The molecule has 0 bridgehead atoms. The van der Waals surface area contributed by atoms with Crippen molar-refractivity contribution >= 4 is 29.5 Å². The molecule has 4 atom stereocenters. The van der Waals surface area contributed by atoms with Crippen LogP contribution in [0.1, 0.15) is 42.0 Å². The highest BCUT2D eigenvalue weighted by atomic mass is 16.7. The van der Waals surface area contributed by atoms with Crippen molar-refractivity contribution in [2.24, 2.45) is 16.8 Å². The Morgan fingerprint density at radius 2 is 1.69 bits per heavy atom. The Morgan fingerprint density at radius 3 is 2.33 bits per heavy atom. The minimum Gasteiger partial charge on any atom is -0.502 e. The zero-order valence-corrected chi connectivity index (χ0v) is 23.1. The molecule has 0 saturated carbocycles. The zero-order valence-electron chi connectivity index (χ0n) is 23.1. The fourth-order valence-corrected chi connectivity index (χ4v) is 6.15. The van der Waals surface area contributed by atoms with Crippen LogP contribution in [0.5, 0.6) is 28.7 Å². The topological polar surface area (TPSA) is 159 Å². The molecule has 1 aliphatic carbocycles. The fraction of sp³-hybridized carbons (Fsp3) is 0.414. The minimum atomic E-state index is -0.724. The third-order valence-corrected chi connectivity index (χ3v) is 8.04. The maximum atomic E-state index is 13.3. The van der Waals surface area contributed by atoms with Crippen molar-refractivity contribution < 1.29 is 52.7 Å². The molecule has 2 amide bonds. The molecule has 220 valence electrons. The first kappa shape index (κ1) is 27.4. The number of fused-ring (bicyclic) bond motifs is 3. The zero-order chi connectivity index (χ0) is 29.7. The van der Waals surface area contributed by atoms with Gasteiger partial charge in [-0.3, -0.25) is 29.1 Å². The van der Waals surface area contributed by atoms with Gasteiger partial charge < -0.3 is 33.5 Å². The van der Waals surface area contributed by atoms with E-state index >= 15 is 0 Å². The molecule has 2 saturated heterocycles. The highest BCUT2D eigenvalue weighted by Gasteiger charge is 2.53. The van der Waals surface area contributed by atoms with E-state index in [-0.39, 0.29) is 55.9 Å². The normalized spacial score (nSPS) is 24.9. The summed E-state index contributed by atoms with van der Waals surface area (Å²) in [5.41, 5.74) is 2.04. The van der Waals surface area contributed by atoms with Gasteiger partial charge in [0.05, 0.1) is 45.8 Å². The van der Waals surface area contributed by atoms with E-state index in [0.29, 0.717) is 28.2 Å². The molecule has 0 unspecified atom stereocenters. The number of methoxy groups -OCH3 is 2. The predicted molar refractivity (Wildman–Crippen MR) is 142 cm³/mol. The summed E-state index contributed by atoms with van der Waals surface area (Å²) in [6, 6.07) is 6.14. The SMILES string of the molecule is COc1cc([C@@H]2c3cc4c(cc3[C@@H](N=C3CC(=O)N(CCOC(C)=O)C3=O)[C@H]3COC(=O)[C@H]23)OCO4)cc(OC)c1O. The Bertz CT molecular complexity index is 1510. The molecule has 3 heterocycles. The van der Waals surface area contributed by atoms with Crippen LogP contribution in [0.25, 0.3) is 0 Å². The maximum absolute atomic E-state index is 13.3. The number of rotatable bonds is 7. The number of amides is 2. The van der Waals surface area contributed by atoms with Gasteiger partial charge in [-0.25, -0.2) is 0 Å². The van der Waals surface area contributed by atoms with E-state index in [0.717, 1.165) is 4.90 Å². The molecule has 2 aromatic carbocycles. The highest BCUT2D eigenvalue weighted by Crippen LogP contribution is 2.56. The number of benzene rings is 2. The molecule has 6 rings (SSSR count). The first-order valence-electron chi connectivity index (χ1n) is 13.3. The van der Waals surface area contributed by atoms with Gasteiger partial charge in [-0.15, -0.1) is 0 Å². The molecule has 0 aromatic heterocycles. The lowest BCUT2D eigenvalue weighted by Crippen LogP contribution is -2.36. The molecular weight excluding hydrogens is 552 g/mol. The van der Waals surface area contributed by atoms with Crippen molar-refractivity contribution in [2.45, 2.75) is 25.3 Å². The van der Waals surface area contributed by atoms with Gasteiger partial charge in [0.15, 0.2) is 23.0 Å². The highest BCUT2D eigenvalue weighted by molar-refractivity contribution is 6.48. The Kier molecular flexibility index (Phi) is 6.87. The lowest BCUT2D eigenvalue weighted by Gasteiger charge is -2.37. The van der Waals surface area contributed by atoms with Crippen LogP contribution in [0.15, 0.2) is 29.3 Å². The molecule has 0 spiro atoms. The van der Waals surface area contributed by atoms with Crippen molar-refractivity contribution in [3.8, 4) is 28.7 Å². The summed E-state index contributed by atoms with van der Waals surface area (Å²) >= 11 is 0. The molecule has 2 fully saturated rings. The van der Waals surface area contributed by atoms with Gasteiger partial charge in [0.1, 0.15) is 12.3 Å². The van der Waals surface area contributed by atoms with Crippen molar-refractivity contribution in [3.05, 3.63) is 41.0 Å². The van der Waals surface area contributed by atoms with E-state index in [1.807, 2.05) is 0 Å². The fourth-order valence-electron chi connectivity index (χ4n) is 6.15. The van der Waals surface area contributed by atoms with E-state index in [1.54, 1.807) is 24.3 Å². The molecule has 0 radical (unpaired) electrons. The number of imide groups is 1. The third kappa shape index (κ3) is 4.45. The second-order valence-electron chi connectivity index (χ2n) is 10.3. The number of phenolic OH excluding ortho intramolecular Hbond substituents is 1. The van der Waals surface area contributed by atoms with Crippen LogP contribution >= 0.6 is 0 Å². The summed E-state index contributed by atoms with van der Waals surface area (Å²) in [7, 11) is 2.83. The quantitative estimate of drug-likeness (QED) is 0.376. The second-order valence-corrected chi connectivity index (χ2v) is 10.3. The second kappa shape index (κ2) is 10.5. The van der Waals surface area contributed by atoms with E-state index < -0.39 is 47.5 Å². The summed E-state index contributed by atoms with van der Waals surface area (Å²) < 4.78 is 32.6. The van der Waals surface area contributed by atoms with Crippen LogP contribution in [0.3, 0.4) is 0 Å². The number of aliphatic imine (C=N–C) groups is 1. The lowest BCUT2D eigenvalue weighted by molar-refractivity contribution is -0.145.